The van der Waals surface area contributed by atoms with E-state index in [1.54, 1.807) is 0 Å². The fourth-order valence-electron chi connectivity index (χ4n) is 11.4. The van der Waals surface area contributed by atoms with E-state index in [1.165, 1.54) is 334 Å². The van der Waals surface area contributed by atoms with E-state index in [0.29, 0.717) is 25.9 Å². The number of carbonyl (C=O) groups is 2. The smallest absolute Gasteiger partial charge is 0.305 e. The van der Waals surface area contributed by atoms with Crippen LogP contribution >= 0.6 is 0 Å². The van der Waals surface area contributed by atoms with Crippen molar-refractivity contribution in [2.45, 2.75) is 418 Å². The summed E-state index contributed by atoms with van der Waals surface area (Å²) in [6, 6.07) is -0.534. The van der Waals surface area contributed by atoms with Crippen molar-refractivity contribution in [2.75, 3.05) is 13.2 Å². The van der Waals surface area contributed by atoms with Gasteiger partial charge in [0.25, 0.3) is 0 Å². The van der Waals surface area contributed by atoms with Crippen LogP contribution in [0.15, 0.2) is 0 Å². The molecule has 6 heteroatoms. The van der Waals surface area contributed by atoms with Crippen molar-refractivity contribution >= 4 is 11.9 Å². The molecule has 2 atom stereocenters. The summed E-state index contributed by atoms with van der Waals surface area (Å²) in [6.45, 7) is 4.97. The molecule has 0 aromatic heterocycles. The highest BCUT2D eigenvalue weighted by Gasteiger charge is 2.20. The van der Waals surface area contributed by atoms with Gasteiger partial charge in [-0.2, -0.15) is 0 Å². The van der Waals surface area contributed by atoms with Crippen LogP contribution in [-0.4, -0.2) is 47.4 Å². The van der Waals surface area contributed by atoms with Crippen LogP contribution in [-0.2, 0) is 14.3 Å². The molecule has 0 fully saturated rings. The zero-order chi connectivity index (χ0) is 54.3. The van der Waals surface area contributed by atoms with E-state index in [4.69, 9.17) is 4.74 Å². The number of esters is 1. The summed E-state index contributed by atoms with van der Waals surface area (Å²) in [4.78, 5) is 24.5. The minimum atomic E-state index is -0.657. The summed E-state index contributed by atoms with van der Waals surface area (Å²) < 4.78 is 5.48. The van der Waals surface area contributed by atoms with E-state index in [0.717, 1.165) is 38.5 Å². The third-order valence-corrected chi connectivity index (χ3v) is 16.7. The third kappa shape index (κ3) is 61.9. The fraction of sp³-hybridized carbons (Fsp3) is 0.971. The lowest BCUT2D eigenvalue weighted by Gasteiger charge is -2.22. The largest absolute Gasteiger partial charge is 0.466 e. The Balaban J connectivity index is 3.26. The topological polar surface area (TPSA) is 95.9 Å². The van der Waals surface area contributed by atoms with E-state index in [9.17, 15) is 19.8 Å². The van der Waals surface area contributed by atoms with E-state index < -0.39 is 12.1 Å². The second-order valence-electron chi connectivity index (χ2n) is 24.2. The monoisotopic (exact) mass is 1060 g/mol. The number of hydrogen-bond donors (Lipinski definition) is 3. The molecular formula is C69H137NO5. The summed E-state index contributed by atoms with van der Waals surface area (Å²) in [6.07, 6.45) is 78.9. The van der Waals surface area contributed by atoms with Crippen molar-refractivity contribution in [1.29, 1.82) is 0 Å². The van der Waals surface area contributed by atoms with E-state index in [2.05, 4.69) is 19.2 Å². The molecule has 2 unspecified atom stereocenters. The summed E-state index contributed by atoms with van der Waals surface area (Å²) in [5, 5.41) is 23.2. The van der Waals surface area contributed by atoms with Crippen LogP contribution in [0.2, 0.25) is 0 Å². The molecule has 0 saturated heterocycles. The average molecular weight is 1060 g/mol. The van der Waals surface area contributed by atoms with Crippen molar-refractivity contribution < 1.29 is 24.5 Å². The van der Waals surface area contributed by atoms with Gasteiger partial charge in [0.15, 0.2) is 0 Å². The molecule has 0 bridgehead atoms. The fourth-order valence-corrected chi connectivity index (χ4v) is 11.4. The Hall–Kier alpha value is -1.14. The minimum Gasteiger partial charge on any atom is -0.466 e. The van der Waals surface area contributed by atoms with Crippen LogP contribution in [0.5, 0.6) is 0 Å². The number of nitrogens with one attached hydrogen (secondary N) is 1. The summed E-state index contributed by atoms with van der Waals surface area (Å²) in [5.41, 5.74) is 0. The molecule has 0 aliphatic rings. The first kappa shape index (κ1) is 73.9. The van der Waals surface area contributed by atoms with Crippen molar-refractivity contribution in [1.82, 2.24) is 5.32 Å². The number of rotatable bonds is 66. The molecule has 6 nitrogen and oxygen atoms in total. The minimum absolute atomic E-state index is 0.0239. The lowest BCUT2D eigenvalue weighted by atomic mass is 10.0. The van der Waals surface area contributed by atoms with Crippen LogP contribution in [0, 0.1) is 0 Å². The van der Waals surface area contributed by atoms with Gasteiger partial charge < -0.3 is 20.3 Å². The maximum Gasteiger partial charge on any atom is 0.305 e. The first-order valence-corrected chi connectivity index (χ1v) is 34.8. The molecule has 0 aromatic carbocycles. The highest BCUT2D eigenvalue weighted by Crippen LogP contribution is 2.19. The number of carbonyl (C=O) groups excluding carboxylic acids is 2. The molecule has 0 spiro atoms. The van der Waals surface area contributed by atoms with Crippen LogP contribution in [0.25, 0.3) is 0 Å². The van der Waals surface area contributed by atoms with Crippen molar-refractivity contribution in [2.24, 2.45) is 0 Å². The lowest BCUT2D eigenvalue weighted by molar-refractivity contribution is -0.143. The molecule has 3 N–H and O–H groups in total. The van der Waals surface area contributed by atoms with Gasteiger partial charge in [-0.15, -0.1) is 0 Å². The maximum atomic E-state index is 12.4. The molecule has 0 aromatic rings. The van der Waals surface area contributed by atoms with Gasteiger partial charge in [-0.1, -0.05) is 367 Å². The molecular weight excluding hydrogens is 923 g/mol. The van der Waals surface area contributed by atoms with Crippen LogP contribution < -0.4 is 5.32 Å². The maximum absolute atomic E-state index is 12.4. The van der Waals surface area contributed by atoms with E-state index >= 15 is 0 Å². The highest BCUT2D eigenvalue weighted by molar-refractivity contribution is 5.76. The van der Waals surface area contributed by atoms with Gasteiger partial charge in [0.05, 0.1) is 25.4 Å². The molecule has 1 amide bonds. The zero-order valence-electron chi connectivity index (χ0n) is 51.3. The van der Waals surface area contributed by atoms with Gasteiger partial charge >= 0.3 is 5.97 Å². The van der Waals surface area contributed by atoms with E-state index in [1.807, 2.05) is 0 Å². The first-order chi connectivity index (χ1) is 37.0. The molecule has 75 heavy (non-hydrogen) atoms. The summed E-state index contributed by atoms with van der Waals surface area (Å²) >= 11 is 0. The number of aliphatic hydroxyl groups excluding tert-OH is 2. The standard InChI is InChI=1S/C69H137NO5/c1-3-5-7-9-11-13-42-47-51-55-59-63-69(74)75-64-60-56-52-48-44-41-39-37-35-33-31-29-27-25-23-21-19-17-15-16-18-20-22-24-26-28-30-32-34-36-38-40-43-46-50-54-58-62-68(73)70-66(65-71)67(72)61-57-53-49-45-14-12-10-8-6-4-2/h66-67,71-72H,3-65H2,1-2H3,(H,70,73). The quantitative estimate of drug-likeness (QED) is 0.0417. The molecule has 0 heterocycles. The predicted octanol–water partition coefficient (Wildman–Crippen LogP) is 22.2. The summed E-state index contributed by atoms with van der Waals surface area (Å²) in [5.74, 6) is -0.00454. The second-order valence-corrected chi connectivity index (χ2v) is 24.2. The molecule has 0 rings (SSSR count). The lowest BCUT2D eigenvalue weighted by Crippen LogP contribution is -2.45. The van der Waals surface area contributed by atoms with Crippen molar-refractivity contribution in [3.63, 3.8) is 0 Å². The molecule has 0 radical (unpaired) electrons. The Labute approximate surface area is 470 Å². The molecule has 0 aliphatic heterocycles. The number of ether oxygens (including phenoxy) is 1. The predicted molar refractivity (Wildman–Crippen MR) is 329 cm³/mol. The van der Waals surface area contributed by atoms with Gasteiger partial charge in [0, 0.05) is 12.8 Å². The Morgan fingerprint density at radius 1 is 0.320 bits per heavy atom. The highest BCUT2D eigenvalue weighted by atomic mass is 16.5. The van der Waals surface area contributed by atoms with Crippen LogP contribution in [0.3, 0.4) is 0 Å². The normalized spacial score (nSPS) is 12.4. The number of aliphatic hydroxyl groups is 2. The summed E-state index contributed by atoms with van der Waals surface area (Å²) in [7, 11) is 0. The number of unbranched alkanes of at least 4 members (excludes halogenated alkanes) is 55. The Kier molecular flexibility index (Phi) is 64.4. The molecule has 0 saturated carbocycles. The molecule has 448 valence electrons. The third-order valence-electron chi connectivity index (χ3n) is 16.7. The average Bonchev–Trinajstić information content (AvgIpc) is 3.41. The van der Waals surface area contributed by atoms with Gasteiger partial charge in [-0.25, -0.2) is 0 Å². The first-order valence-electron chi connectivity index (χ1n) is 34.8. The number of hydrogen-bond acceptors (Lipinski definition) is 5. The van der Waals surface area contributed by atoms with Gasteiger partial charge in [0.2, 0.25) is 5.91 Å². The molecule has 0 aliphatic carbocycles. The van der Waals surface area contributed by atoms with Crippen molar-refractivity contribution in [3.8, 4) is 0 Å². The van der Waals surface area contributed by atoms with Gasteiger partial charge in [0.1, 0.15) is 0 Å². The van der Waals surface area contributed by atoms with Crippen LogP contribution in [0.4, 0.5) is 0 Å². The van der Waals surface area contributed by atoms with Gasteiger partial charge in [-0.3, -0.25) is 9.59 Å². The van der Waals surface area contributed by atoms with Crippen LogP contribution in [0.1, 0.15) is 406 Å². The van der Waals surface area contributed by atoms with Crippen molar-refractivity contribution in [3.05, 3.63) is 0 Å². The number of amides is 1. The Morgan fingerprint density at radius 3 is 0.813 bits per heavy atom. The Bertz CT molecular complexity index is 1080. The van der Waals surface area contributed by atoms with E-state index in [-0.39, 0.29) is 18.5 Å². The zero-order valence-corrected chi connectivity index (χ0v) is 51.3. The second kappa shape index (κ2) is 65.4. The van der Waals surface area contributed by atoms with Gasteiger partial charge in [-0.05, 0) is 25.7 Å². The Morgan fingerprint density at radius 2 is 0.547 bits per heavy atom. The SMILES string of the molecule is CCCCCCCCCCCCCC(=O)OCCCCCCCCCCCCCCCCCCCCCCCCCCCCCCCCCCCCCCCC(=O)NC(CO)C(O)CCCCCCCCCCCC.